The Morgan fingerprint density at radius 2 is 0.526 bits per heavy atom. The minimum atomic E-state index is 0.862. The quantitative estimate of drug-likeness (QED) is 0.0592. The highest BCUT2D eigenvalue weighted by atomic mass is 16.5. The van der Waals surface area contributed by atoms with Gasteiger partial charge >= 0.3 is 0 Å². The van der Waals surface area contributed by atoms with Crippen LogP contribution >= 0.6 is 0 Å². The smallest absolute Gasteiger partial charge is 0.151 e. The molecule has 1 aliphatic heterocycles. The van der Waals surface area contributed by atoms with Crippen LogP contribution in [0.1, 0.15) is 138 Å². The number of fused-ring (bicyclic) bond motifs is 2. The van der Waals surface area contributed by atoms with E-state index in [1.807, 2.05) is 0 Å². The van der Waals surface area contributed by atoms with Gasteiger partial charge in [-0.25, -0.2) is 0 Å². The van der Waals surface area contributed by atoms with Gasteiger partial charge in [0.1, 0.15) is 0 Å². The SMILES string of the molecule is CCCCCc1ccc(-c2cc(-c3ccc(CCCCC)cc3)cc(-c3cc(-c4cc(-c5ccc(CCCCC)cc5)cc(-c5ccc(CCCCC)cc5)c4)cc(N4c5ccc(C)cc5Oc5cc(C)ccc54)c3)c2)cc1. The summed E-state index contributed by atoms with van der Waals surface area (Å²) in [6.07, 6.45) is 19.3. The molecule has 0 unspecified atom stereocenters. The van der Waals surface area contributed by atoms with E-state index in [9.17, 15) is 0 Å². The molecule has 0 aliphatic carbocycles. The van der Waals surface area contributed by atoms with Gasteiger partial charge < -0.3 is 9.64 Å². The molecule has 9 aromatic rings. The minimum absolute atomic E-state index is 0.862. The second kappa shape index (κ2) is 25.8. The van der Waals surface area contributed by atoms with Crippen LogP contribution in [0, 0.1) is 13.8 Å². The van der Waals surface area contributed by atoms with Crippen molar-refractivity contribution < 1.29 is 4.74 Å². The van der Waals surface area contributed by atoms with Gasteiger partial charge in [-0.1, -0.05) is 188 Å². The average Bonchev–Trinajstić information content (AvgIpc) is 3.59. The summed E-state index contributed by atoms with van der Waals surface area (Å²) in [5, 5.41) is 0. The highest BCUT2D eigenvalue weighted by Gasteiger charge is 2.27. The molecule has 0 spiro atoms. The summed E-state index contributed by atoms with van der Waals surface area (Å²) in [7, 11) is 0. The van der Waals surface area contributed by atoms with Crippen molar-refractivity contribution in [3.05, 3.63) is 221 Å². The van der Waals surface area contributed by atoms with Crippen molar-refractivity contribution >= 4 is 17.1 Å². The van der Waals surface area contributed by atoms with Crippen molar-refractivity contribution in [3.8, 4) is 78.3 Å². The van der Waals surface area contributed by atoms with E-state index in [1.165, 1.54) is 166 Å². The highest BCUT2D eigenvalue weighted by molar-refractivity contribution is 5.93. The molecule has 2 nitrogen and oxygen atoms in total. The van der Waals surface area contributed by atoms with E-state index in [2.05, 4.69) is 234 Å². The lowest BCUT2D eigenvalue weighted by molar-refractivity contribution is 0.476. The molecule has 10 rings (SSSR count). The Balaban J connectivity index is 1.18. The summed E-state index contributed by atoms with van der Waals surface area (Å²) >= 11 is 0. The second-order valence-corrected chi connectivity index (χ2v) is 22.4. The lowest BCUT2D eigenvalue weighted by Gasteiger charge is -2.34. The molecular formula is C76H81NO. The first-order valence-electron chi connectivity index (χ1n) is 29.8. The lowest BCUT2D eigenvalue weighted by Crippen LogP contribution is -2.16. The number of anilines is 3. The number of nitrogens with zero attached hydrogens (tertiary/aromatic N) is 1. The molecule has 0 amide bonds. The van der Waals surface area contributed by atoms with Gasteiger partial charge in [0.15, 0.2) is 11.5 Å². The van der Waals surface area contributed by atoms with Crippen molar-refractivity contribution in [2.24, 2.45) is 0 Å². The summed E-state index contributed by atoms with van der Waals surface area (Å²) in [6.45, 7) is 13.4. The van der Waals surface area contributed by atoms with E-state index in [-0.39, 0.29) is 0 Å². The van der Waals surface area contributed by atoms with E-state index in [4.69, 9.17) is 4.74 Å². The fourth-order valence-corrected chi connectivity index (χ4v) is 11.4. The predicted molar refractivity (Wildman–Crippen MR) is 336 cm³/mol. The summed E-state index contributed by atoms with van der Waals surface area (Å²) < 4.78 is 6.78. The molecule has 0 aromatic heterocycles. The molecule has 0 saturated carbocycles. The summed E-state index contributed by atoms with van der Waals surface area (Å²) in [5.41, 5.74) is 25.6. The molecule has 0 fully saturated rings. The number of ether oxygens (including phenoxy) is 1. The van der Waals surface area contributed by atoms with Crippen LogP contribution in [0.25, 0.3) is 66.8 Å². The standard InChI is InChI=1S/C76H81NO/c1-7-11-15-19-56-25-33-60(34-26-56)64-45-65(61-35-27-57(28-36-61)20-16-12-8-2)48-68(47-64)70-51-71(53-72(52-70)77-73-41-23-54(5)43-75(73)78-76-44-55(6)24-42-74(76)77)69-49-66(62-37-29-58(30-38-62)21-17-13-9-3)46-67(50-69)63-39-31-59(32-40-63)22-18-14-10-4/h23-53H,7-22H2,1-6H3. The number of unbranched alkanes of at least 4 members (excludes halogenated alkanes) is 8. The second-order valence-electron chi connectivity index (χ2n) is 22.4. The monoisotopic (exact) mass is 1020 g/mol. The van der Waals surface area contributed by atoms with Crippen LogP contribution in [0.2, 0.25) is 0 Å². The normalized spacial score (nSPS) is 11.8. The van der Waals surface area contributed by atoms with Crippen LogP contribution in [0.5, 0.6) is 11.5 Å². The minimum Gasteiger partial charge on any atom is -0.453 e. The highest BCUT2D eigenvalue weighted by Crippen LogP contribution is 2.52. The van der Waals surface area contributed by atoms with E-state index in [0.717, 1.165) is 65.4 Å². The molecule has 0 radical (unpaired) electrons. The van der Waals surface area contributed by atoms with Crippen LogP contribution in [0.3, 0.4) is 0 Å². The third-order valence-electron chi connectivity index (χ3n) is 16.1. The van der Waals surface area contributed by atoms with Gasteiger partial charge in [-0.05, 0) is 244 Å². The van der Waals surface area contributed by atoms with E-state index in [0.29, 0.717) is 0 Å². The van der Waals surface area contributed by atoms with Gasteiger partial charge in [0.05, 0.1) is 11.4 Å². The van der Waals surface area contributed by atoms with Crippen LogP contribution in [0.4, 0.5) is 17.1 Å². The lowest BCUT2D eigenvalue weighted by atomic mass is 9.89. The fraction of sp³-hybridized carbons (Fsp3) is 0.289. The Labute approximate surface area is 468 Å². The van der Waals surface area contributed by atoms with Crippen molar-refractivity contribution in [2.45, 2.75) is 144 Å². The molecule has 0 bridgehead atoms. The first-order chi connectivity index (χ1) is 38.2. The maximum atomic E-state index is 6.78. The molecule has 0 N–H and O–H groups in total. The predicted octanol–water partition coefficient (Wildman–Crippen LogP) is 22.8. The van der Waals surface area contributed by atoms with Crippen molar-refractivity contribution in [1.29, 1.82) is 0 Å². The number of rotatable bonds is 23. The molecular weight excluding hydrogens is 943 g/mol. The zero-order valence-electron chi connectivity index (χ0n) is 47.6. The van der Waals surface area contributed by atoms with Gasteiger partial charge in [0, 0.05) is 5.69 Å². The summed E-state index contributed by atoms with van der Waals surface area (Å²) in [6, 6.07) is 72.6. The zero-order valence-corrected chi connectivity index (χ0v) is 47.6. The number of aryl methyl sites for hydroxylation is 6. The third-order valence-corrected chi connectivity index (χ3v) is 16.1. The fourth-order valence-electron chi connectivity index (χ4n) is 11.4. The first kappa shape index (κ1) is 54.0. The van der Waals surface area contributed by atoms with Crippen molar-refractivity contribution in [2.75, 3.05) is 4.90 Å². The number of hydrogen-bond donors (Lipinski definition) is 0. The maximum absolute atomic E-state index is 6.78. The Kier molecular flexibility index (Phi) is 17.9. The molecule has 0 atom stereocenters. The largest absolute Gasteiger partial charge is 0.453 e. The summed E-state index contributed by atoms with van der Waals surface area (Å²) in [4.78, 5) is 2.43. The molecule has 396 valence electrons. The first-order valence-corrected chi connectivity index (χ1v) is 29.8. The molecule has 9 aromatic carbocycles. The van der Waals surface area contributed by atoms with Crippen molar-refractivity contribution in [1.82, 2.24) is 0 Å². The van der Waals surface area contributed by atoms with E-state index in [1.54, 1.807) is 0 Å². The van der Waals surface area contributed by atoms with E-state index < -0.39 is 0 Å². The Bertz CT molecular complexity index is 3050. The van der Waals surface area contributed by atoms with Crippen molar-refractivity contribution in [3.63, 3.8) is 0 Å². The third kappa shape index (κ3) is 13.1. The number of hydrogen-bond acceptors (Lipinski definition) is 2. The van der Waals surface area contributed by atoms with E-state index >= 15 is 0 Å². The maximum Gasteiger partial charge on any atom is 0.151 e. The van der Waals surface area contributed by atoms with Crippen LogP contribution in [-0.2, 0) is 25.7 Å². The van der Waals surface area contributed by atoms with Gasteiger partial charge in [-0.2, -0.15) is 0 Å². The molecule has 0 saturated heterocycles. The molecule has 1 aliphatic rings. The van der Waals surface area contributed by atoms with Gasteiger partial charge in [0.2, 0.25) is 0 Å². The van der Waals surface area contributed by atoms with Gasteiger partial charge in [-0.3, -0.25) is 0 Å². The van der Waals surface area contributed by atoms with Gasteiger partial charge in [0.25, 0.3) is 0 Å². The Morgan fingerprint density at radius 3 is 0.795 bits per heavy atom. The zero-order chi connectivity index (χ0) is 53.8. The van der Waals surface area contributed by atoms with Crippen LogP contribution in [-0.4, -0.2) is 0 Å². The topological polar surface area (TPSA) is 12.5 Å². The van der Waals surface area contributed by atoms with Gasteiger partial charge in [-0.15, -0.1) is 0 Å². The van der Waals surface area contributed by atoms with Crippen LogP contribution < -0.4 is 9.64 Å². The van der Waals surface area contributed by atoms with Crippen LogP contribution in [0.15, 0.2) is 188 Å². The Morgan fingerprint density at radius 1 is 0.269 bits per heavy atom. The molecule has 1 heterocycles. The molecule has 2 heteroatoms. The number of benzene rings is 9. The summed E-state index contributed by atoms with van der Waals surface area (Å²) in [5.74, 6) is 1.72. The average molecular weight is 1020 g/mol. The Hall–Kier alpha value is -7.42. The molecule has 78 heavy (non-hydrogen) atoms.